The summed E-state index contributed by atoms with van der Waals surface area (Å²) in [5, 5.41) is 7.30. The predicted molar refractivity (Wildman–Crippen MR) is 60.4 cm³/mol. The summed E-state index contributed by atoms with van der Waals surface area (Å²) in [4.78, 5) is 4.20. The van der Waals surface area contributed by atoms with Gasteiger partial charge in [0.2, 0.25) is 0 Å². The zero-order chi connectivity index (χ0) is 9.97. The summed E-state index contributed by atoms with van der Waals surface area (Å²) in [7, 11) is 0. The smallest absolute Gasteiger partial charge is 0.195 e. The second-order valence-corrected chi connectivity index (χ2v) is 3.73. The zero-order valence-corrected chi connectivity index (χ0v) is 8.86. The molecule has 0 saturated carbocycles. The van der Waals surface area contributed by atoms with Crippen LogP contribution in [0.15, 0.2) is 23.2 Å². The second kappa shape index (κ2) is 4.07. The molecular weight excluding hydrogens is 221 g/mol. The average molecular weight is 230 g/mol. The summed E-state index contributed by atoms with van der Waals surface area (Å²) < 4.78 is 0. The molecule has 1 aliphatic rings. The molecule has 0 aromatic heterocycles. The standard InChI is InChI=1S/C9H9Cl2N3/c10-7-2-1-6(5-8(7)11)14-9-12-3-4-13-9/h1-2,5H,3-4H2,(H2,12,13,14). The molecule has 0 saturated heterocycles. The number of nitrogens with zero attached hydrogens (tertiary/aromatic N) is 1. The van der Waals surface area contributed by atoms with E-state index in [2.05, 4.69) is 15.6 Å². The highest BCUT2D eigenvalue weighted by Crippen LogP contribution is 2.24. The van der Waals surface area contributed by atoms with Crippen LogP contribution in [-0.2, 0) is 0 Å². The van der Waals surface area contributed by atoms with E-state index >= 15 is 0 Å². The molecular formula is C9H9Cl2N3. The van der Waals surface area contributed by atoms with Gasteiger partial charge in [-0.15, -0.1) is 0 Å². The van der Waals surface area contributed by atoms with E-state index in [-0.39, 0.29) is 0 Å². The highest BCUT2D eigenvalue weighted by molar-refractivity contribution is 6.42. The molecule has 2 N–H and O–H groups in total. The van der Waals surface area contributed by atoms with E-state index in [1.54, 1.807) is 12.1 Å². The van der Waals surface area contributed by atoms with Crippen molar-refractivity contribution < 1.29 is 0 Å². The Morgan fingerprint density at radius 2 is 2.14 bits per heavy atom. The third kappa shape index (κ3) is 2.11. The van der Waals surface area contributed by atoms with Crippen LogP contribution in [0.4, 0.5) is 5.69 Å². The molecule has 0 unspecified atom stereocenters. The quantitative estimate of drug-likeness (QED) is 0.776. The summed E-state index contributed by atoms with van der Waals surface area (Å²) in [6.07, 6.45) is 0. The Labute approximate surface area is 92.1 Å². The maximum Gasteiger partial charge on any atom is 0.195 e. The summed E-state index contributed by atoms with van der Waals surface area (Å²) in [5.41, 5.74) is 0.882. The van der Waals surface area contributed by atoms with Crippen molar-refractivity contribution in [2.75, 3.05) is 18.4 Å². The monoisotopic (exact) mass is 229 g/mol. The highest BCUT2D eigenvalue weighted by atomic mass is 35.5. The van der Waals surface area contributed by atoms with E-state index in [1.165, 1.54) is 0 Å². The van der Waals surface area contributed by atoms with Crippen LogP contribution in [0.1, 0.15) is 0 Å². The van der Waals surface area contributed by atoms with E-state index in [9.17, 15) is 0 Å². The van der Waals surface area contributed by atoms with Gasteiger partial charge in [0.25, 0.3) is 0 Å². The van der Waals surface area contributed by atoms with Crippen molar-refractivity contribution >= 4 is 34.8 Å². The van der Waals surface area contributed by atoms with Gasteiger partial charge >= 0.3 is 0 Å². The van der Waals surface area contributed by atoms with E-state index in [0.717, 1.165) is 24.7 Å². The lowest BCUT2D eigenvalue weighted by Gasteiger charge is -2.06. The Morgan fingerprint density at radius 1 is 1.29 bits per heavy atom. The van der Waals surface area contributed by atoms with Crippen molar-refractivity contribution in [3.8, 4) is 0 Å². The van der Waals surface area contributed by atoms with Crippen LogP contribution in [0.5, 0.6) is 0 Å². The molecule has 0 radical (unpaired) electrons. The molecule has 2 rings (SSSR count). The van der Waals surface area contributed by atoms with Gasteiger partial charge in [-0.05, 0) is 18.2 Å². The molecule has 1 aromatic carbocycles. The number of rotatable bonds is 1. The molecule has 1 aromatic rings. The van der Waals surface area contributed by atoms with E-state index < -0.39 is 0 Å². The lowest BCUT2D eigenvalue weighted by Crippen LogP contribution is -2.26. The van der Waals surface area contributed by atoms with Gasteiger partial charge in [-0.25, -0.2) is 0 Å². The van der Waals surface area contributed by atoms with Crippen molar-refractivity contribution in [3.63, 3.8) is 0 Å². The van der Waals surface area contributed by atoms with Gasteiger partial charge in [0.1, 0.15) is 0 Å². The minimum atomic E-state index is 0.537. The van der Waals surface area contributed by atoms with E-state index in [4.69, 9.17) is 23.2 Å². The Bertz CT molecular complexity index is 376. The van der Waals surface area contributed by atoms with Crippen molar-refractivity contribution in [3.05, 3.63) is 28.2 Å². The van der Waals surface area contributed by atoms with Crippen molar-refractivity contribution in [1.82, 2.24) is 5.32 Å². The summed E-state index contributed by atoms with van der Waals surface area (Å²) in [5.74, 6) is 0.781. The largest absolute Gasteiger partial charge is 0.354 e. The van der Waals surface area contributed by atoms with Crippen LogP contribution in [-0.4, -0.2) is 19.0 Å². The minimum Gasteiger partial charge on any atom is -0.354 e. The van der Waals surface area contributed by atoms with Crippen LogP contribution in [0.2, 0.25) is 10.0 Å². The number of hydrogen-bond acceptors (Lipinski definition) is 3. The molecule has 0 amide bonds. The molecule has 1 heterocycles. The second-order valence-electron chi connectivity index (χ2n) is 2.91. The van der Waals surface area contributed by atoms with E-state index in [1.807, 2.05) is 6.07 Å². The summed E-state index contributed by atoms with van der Waals surface area (Å²) in [6, 6.07) is 5.38. The SMILES string of the molecule is Clc1ccc(NC2=NCCN2)cc1Cl. The van der Waals surface area contributed by atoms with Gasteiger partial charge in [0, 0.05) is 12.2 Å². The Hall–Kier alpha value is -0.930. The van der Waals surface area contributed by atoms with Gasteiger partial charge < -0.3 is 10.6 Å². The van der Waals surface area contributed by atoms with Crippen molar-refractivity contribution in [2.45, 2.75) is 0 Å². The Kier molecular flexibility index (Phi) is 2.79. The maximum absolute atomic E-state index is 5.87. The van der Waals surface area contributed by atoms with Gasteiger partial charge in [0.05, 0.1) is 16.6 Å². The highest BCUT2D eigenvalue weighted by Gasteiger charge is 2.05. The fourth-order valence-electron chi connectivity index (χ4n) is 1.19. The molecule has 3 nitrogen and oxygen atoms in total. The minimum absolute atomic E-state index is 0.537. The van der Waals surface area contributed by atoms with Crippen molar-refractivity contribution in [2.24, 2.45) is 4.99 Å². The van der Waals surface area contributed by atoms with Gasteiger partial charge in [-0.1, -0.05) is 23.2 Å². The van der Waals surface area contributed by atoms with Crippen molar-refractivity contribution in [1.29, 1.82) is 0 Å². The van der Waals surface area contributed by atoms with Crippen LogP contribution in [0.3, 0.4) is 0 Å². The predicted octanol–water partition coefficient (Wildman–Crippen LogP) is 2.36. The maximum atomic E-state index is 5.87. The van der Waals surface area contributed by atoms with E-state index in [0.29, 0.717) is 10.0 Å². The average Bonchev–Trinajstić information content (AvgIpc) is 2.64. The van der Waals surface area contributed by atoms with Gasteiger partial charge in [0.15, 0.2) is 5.96 Å². The third-order valence-corrected chi connectivity index (χ3v) is 2.60. The molecule has 0 aliphatic carbocycles. The number of guanidine groups is 1. The third-order valence-electron chi connectivity index (χ3n) is 1.86. The molecule has 0 fully saturated rings. The van der Waals surface area contributed by atoms with Gasteiger partial charge in [-0.2, -0.15) is 0 Å². The van der Waals surface area contributed by atoms with Crippen LogP contribution >= 0.6 is 23.2 Å². The lowest BCUT2D eigenvalue weighted by molar-refractivity contribution is 0.959. The lowest BCUT2D eigenvalue weighted by atomic mass is 10.3. The number of halogens is 2. The molecule has 74 valence electrons. The first-order valence-corrected chi connectivity index (χ1v) is 5.02. The fourth-order valence-corrected chi connectivity index (χ4v) is 1.49. The number of benzene rings is 1. The summed E-state index contributed by atoms with van der Waals surface area (Å²) in [6.45, 7) is 1.69. The molecule has 1 aliphatic heterocycles. The fraction of sp³-hybridized carbons (Fsp3) is 0.222. The van der Waals surface area contributed by atoms with Gasteiger partial charge in [-0.3, -0.25) is 4.99 Å². The number of nitrogens with one attached hydrogen (secondary N) is 2. The summed E-state index contributed by atoms with van der Waals surface area (Å²) >= 11 is 11.7. The number of aliphatic imine (C=N–C) groups is 1. The Balaban J connectivity index is 2.13. The topological polar surface area (TPSA) is 36.4 Å². The number of hydrogen-bond donors (Lipinski definition) is 2. The molecule has 0 spiro atoms. The molecule has 14 heavy (non-hydrogen) atoms. The molecule has 0 bridgehead atoms. The first kappa shape index (κ1) is 9.62. The normalized spacial score (nSPS) is 14.9. The van der Waals surface area contributed by atoms with Crippen LogP contribution < -0.4 is 10.6 Å². The van der Waals surface area contributed by atoms with Crippen LogP contribution in [0, 0.1) is 0 Å². The zero-order valence-electron chi connectivity index (χ0n) is 7.35. The van der Waals surface area contributed by atoms with Crippen LogP contribution in [0.25, 0.3) is 0 Å². The molecule has 5 heteroatoms. The molecule has 0 atom stereocenters. The number of anilines is 1. The Morgan fingerprint density at radius 3 is 2.79 bits per heavy atom. The first-order chi connectivity index (χ1) is 6.75. The first-order valence-electron chi connectivity index (χ1n) is 4.26.